The van der Waals surface area contributed by atoms with Gasteiger partial charge in [-0.3, -0.25) is 4.79 Å². The van der Waals surface area contributed by atoms with Crippen molar-refractivity contribution in [2.24, 2.45) is 5.41 Å². The number of hydrogen-bond donors (Lipinski definition) is 0. The molecule has 3 aromatic carbocycles. The minimum Gasteiger partial charge on any atom is -0.451 e. The minimum absolute atomic E-state index is 0.00470. The highest BCUT2D eigenvalue weighted by molar-refractivity contribution is 7.90. The monoisotopic (exact) mass is 600 g/mol. The first-order chi connectivity index (χ1) is 20.5. The van der Waals surface area contributed by atoms with Crippen molar-refractivity contribution in [1.82, 2.24) is 14.9 Å². The minimum atomic E-state index is -3.27. The van der Waals surface area contributed by atoms with Crippen molar-refractivity contribution < 1.29 is 22.3 Å². The van der Waals surface area contributed by atoms with Gasteiger partial charge in [0.15, 0.2) is 21.4 Å². The fourth-order valence-electron chi connectivity index (χ4n) is 5.98. The van der Waals surface area contributed by atoms with Gasteiger partial charge in [-0.15, -0.1) is 0 Å². The first kappa shape index (κ1) is 28.8. The lowest BCUT2D eigenvalue weighted by Gasteiger charge is -2.60. The number of nitrogens with zero attached hydrogens (tertiary/aromatic N) is 4. The van der Waals surface area contributed by atoms with Crippen molar-refractivity contribution in [3.05, 3.63) is 96.2 Å². The number of halogens is 1. The molecular formula is C33H33FN4O4S. The molecule has 6 rings (SSSR count). The number of ether oxygens (including phenoxy) is 1. The Morgan fingerprint density at radius 2 is 1.70 bits per heavy atom. The number of sulfone groups is 1. The zero-order valence-corrected chi connectivity index (χ0v) is 25.1. The number of carbonyl (C=O) groups excluding carboxylic acids is 1. The molecule has 2 saturated heterocycles. The topological polar surface area (TPSA) is 92.7 Å². The summed E-state index contributed by atoms with van der Waals surface area (Å²) < 4.78 is 44.2. The predicted molar refractivity (Wildman–Crippen MR) is 163 cm³/mol. The van der Waals surface area contributed by atoms with Crippen LogP contribution in [0.4, 0.5) is 10.2 Å². The quantitative estimate of drug-likeness (QED) is 0.264. The number of hydrogen-bond acceptors (Lipinski definition) is 7. The van der Waals surface area contributed by atoms with Crippen molar-refractivity contribution in [2.75, 3.05) is 37.3 Å². The van der Waals surface area contributed by atoms with Gasteiger partial charge in [0.2, 0.25) is 5.91 Å². The molecule has 1 spiro atoms. The van der Waals surface area contributed by atoms with Crippen molar-refractivity contribution in [3.63, 3.8) is 0 Å². The highest BCUT2D eigenvalue weighted by atomic mass is 32.2. The third-order valence-electron chi connectivity index (χ3n) is 8.16. The maximum absolute atomic E-state index is 14.4. The van der Waals surface area contributed by atoms with Crippen LogP contribution < -0.4 is 9.64 Å². The number of benzene rings is 3. The van der Waals surface area contributed by atoms with Crippen molar-refractivity contribution in [1.29, 1.82) is 0 Å². The summed E-state index contributed by atoms with van der Waals surface area (Å²) in [5.41, 5.74) is 3.46. The summed E-state index contributed by atoms with van der Waals surface area (Å²) in [5, 5.41) is 0. The number of likely N-dealkylation sites (tertiary alicyclic amines) is 1. The van der Waals surface area contributed by atoms with Crippen LogP contribution in [0.3, 0.4) is 0 Å². The van der Waals surface area contributed by atoms with Crippen LogP contribution in [0.1, 0.15) is 30.9 Å². The van der Waals surface area contributed by atoms with Crippen LogP contribution in [-0.4, -0.2) is 61.6 Å². The number of anilines is 1. The fraction of sp³-hybridized carbons (Fsp3) is 0.303. The second-order valence-corrected chi connectivity index (χ2v) is 13.9. The molecule has 4 aromatic rings. The SMILES string of the molecule is CC(C)c1ccccc1-c1cc(F)ccc1Oc1cncnc1N1CC2(CN(C(=O)Cc3ccc(S(C)(=O)=O)cc3)C2)C1. The Hall–Kier alpha value is -4.31. The number of rotatable bonds is 8. The Balaban J connectivity index is 1.12. The summed E-state index contributed by atoms with van der Waals surface area (Å²) in [5.74, 6) is 1.58. The van der Waals surface area contributed by atoms with E-state index in [1.54, 1.807) is 36.5 Å². The summed E-state index contributed by atoms with van der Waals surface area (Å²) >= 11 is 0. The number of aromatic nitrogens is 2. The molecule has 0 bridgehead atoms. The molecule has 0 saturated carbocycles. The Morgan fingerprint density at radius 3 is 2.40 bits per heavy atom. The molecule has 0 radical (unpaired) electrons. The molecule has 0 unspecified atom stereocenters. The second kappa shape index (κ2) is 11.1. The molecular weight excluding hydrogens is 567 g/mol. The summed E-state index contributed by atoms with van der Waals surface area (Å²) in [6.07, 6.45) is 4.50. The Bertz CT molecular complexity index is 1780. The normalized spacial score (nSPS) is 15.7. The van der Waals surface area contributed by atoms with Crippen LogP contribution in [0.5, 0.6) is 11.5 Å². The Morgan fingerprint density at radius 1 is 0.977 bits per heavy atom. The lowest BCUT2D eigenvalue weighted by Crippen LogP contribution is -2.73. The van der Waals surface area contributed by atoms with Gasteiger partial charge in [-0.25, -0.2) is 22.8 Å². The smallest absolute Gasteiger partial charge is 0.227 e. The van der Waals surface area contributed by atoms with Gasteiger partial charge in [-0.2, -0.15) is 0 Å². The summed E-state index contributed by atoms with van der Waals surface area (Å²) in [7, 11) is -3.27. The molecule has 0 aliphatic carbocycles. The van der Waals surface area contributed by atoms with E-state index in [9.17, 15) is 17.6 Å². The molecule has 10 heteroatoms. The molecule has 2 aliphatic heterocycles. The third-order valence-corrected chi connectivity index (χ3v) is 9.29. The van der Waals surface area contributed by atoms with Gasteiger partial charge in [0.25, 0.3) is 0 Å². The lowest BCUT2D eigenvalue weighted by atomic mass is 9.72. The van der Waals surface area contributed by atoms with Crippen LogP contribution in [0.25, 0.3) is 11.1 Å². The van der Waals surface area contributed by atoms with Gasteiger partial charge in [0.1, 0.15) is 17.9 Å². The van der Waals surface area contributed by atoms with Gasteiger partial charge in [0, 0.05) is 43.4 Å². The van der Waals surface area contributed by atoms with E-state index in [2.05, 4.69) is 28.7 Å². The van der Waals surface area contributed by atoms with Crippen LogP contribution >= 0.6 is 0 Å². The highest BCUT2D eigenvalue weighted by Crippen LogP contribution is 2.45. The summed E-state index contributed by atoms with van der Waals surface area (Å²) in [4.78, 5) is 25.8. The van der Waals surface area contributed by atoms with E-state index >= 15 is 0 Å². The molecule has 222 valence electrons. The lowest BCUT2D eigenvalue weighted by molar-refractivity contribution is -0.144. The number of carbonyl (C=O) groups is 1. The predicted octanol–water partition coefficient (Wildman–Crippen LogP) is 5.49. The number of amides is 1. The van der Waals surface area contributed by atoms with Crippen molar-refractivity contribution >= 4 is 21.6 Å². The third kappa shape index (κ3) is 5.84. The van der Waals surface area contributed by atoms with E-state index in [-0.39, 0.29) is 34.4 Å². The molecule has 3 heterocycles. The first-order valence-corrected chi connectivity index (χ1v) is 16.1. The zero-order valence-electron chi connectivity index (χ0n) is 24.3. The molecule has 8 nitrogen and oxygen atoms in total. The van der Waals surface area contributed by atoms with Crippen molar-refractivity contribution in [2.45, 2.75) is 31.1 Å². The molecule has 1 aromatic heterocycles. The van der Waals surface area contributed by atoms with E-state index in [0.717, 1.165) is 36.0 Å². The maximum atomic E-state index is 14.4. The highest BCUT2D eigenvalue weighted by Gasteiger charge is 2.53. The molecule has 0 atom stereocenters. The maximum Gasteiger partial charge on any atom is 0.227 e. The molecule has 2 aliphatic rings. The molecule has 0 N–H and O–H groups in total. The van der Waals surface area contributed by atoms with Gasteiger partial charge in [-0.1, -0.05) is 50.2 Å². The average molecular weight is 601 g/mol. The van der Waals surface area contributed by atoms with E-state index in [1.807, 2.05) is 29.2 Å². The van der Waals surface area contributed by atoms with E-state index < -0.39 is 9.84 Å². The van der Waals surface area contributed by atoms with Crippen LogP contribution in [0.2, 0.25) is 0 Å². The second-order valence-electron chi connectivity index (χ2n) is 11.9. The largest absolute Gasteiger partial charge is 0.451 e. The van der Waals surface area contributed by atoms with E-state index in [4.69, 9.17) is 4.74 Å². The van der Waals surface area contributed by atoms with E-state index in [0.29, 0.717) is 36.0 Å². The van der Waals surface area contributed by atoms with Gasteiger partial charge >= 0.3 is 0 Å². The van der Waals surface area contributed by atoms with Crippen LogP contribution in [0.15, 0.2) is 84.1 Å². The molecule has 43 heavy (non-hydrogen) atoms. The molecule has 1 amide bonds. The van der Waals surface area contributed by atoms with Gasteiger partial charge in [0.05, 0.1) is 17.5 Å². The van der Waals surface area contributed by atoms with Crippen molar-refractivity contribution in [3.8, 4) is 22.6 Å². The Labute approximate surface area is 251 Å². The Kier molecular flexibility index (Phi) is 7.41. The standard InChI is InChI=1S/C33H33FN4O4S/c1-22(2)26-6-4-5-7-27(26)28-15-24(34)10-13-29(28)42-30-16-35-21-36-32(30)38-19-33(20-38)17-37(18-33)31(39)14-23-8-11-25(12-9-23)43(3,40)41/h4-13,15-16,21-22H,14,17-20H2,1-3H3. The van der Waals surface area contributed by atoms with Crippen LogP contribution in [-0.2, 0) is 21.1 Å². The average Bonchev–Trinajstić information content (AvgIpc) is 2.93. The molecule has 2 fully saturated rings. The zero-order chi connectivity index (χ0) is 30.4. The van der Waals surface area contributed by atoms with Crippen LogP contribution in [0, 0.1) is 11.2 Å². The summed E-state index contributed by atoms with van der Waals surface area (Å²) in [6, 6.07) is 18.9. The fourth-order valence-corrected chi connectivity index (χ4v) is 6.61. The van der Waals surface area contributed by atoms with Gasteiger partial charge < -0.3 is 14.5 Å². The summed E-state index contributed by atoms with van der Waals surface area (Å²) in [6.45, 7) is 6.96. The first-order valence-electron chi connectivity index (χ1n) is 14.2. The van der Waals surface area contributed by atoms with Gasteiger partial charge in [-0.05, 0) is 52.9 Å². The van der Waals surface area contributed by atoms with E-state index in [1.165, 1.54) is 18.5 Å².